The molecule has 2 aromatic rings. The van der Waals surface area contributed by atoms with Crippen molar-refractivity contribution in [2.45, 2.75) is 36.9 Å². The Balaban J connectivity index is 1.65. The molecule has 0 aliphatic carbocycles. The molecular formula is C17H15ClF4N3O6PS. The van der Waals surface area contributed by atoms with Crippen molar-refractivity contribution in [3.8, 4) is 5.75 Å². The van der Waals surface area contributed by atoms with Gasteiger partial charge in [0.25, 0.3) is 6.43 Å². The molecule has 0 spiro atoms. The maximum atomic E-state index is 15.0. The van der Waals surface area contributed by atoms with E-state index in [0.29, 0.717) is 10.1 Å². The number of fused-ring (bicyclic) bond motifs is 1. The largest absolute Gasteiger partial charge is 0.424 e. The van der Waals surface area contributed by atoms with Crippen molar-refractivity contribution in [3.63, 3.8) is 0 Å². The molecule has 1 aromatic carbocycles. The van der Waals surface area contributed by atoms with Crippen LogP contribution in [0.25, 0.3) is 0 Å². The molecule has 4 rings (SSSR count). The minimum absolute atomic E-state index is 0.0946. The van der Waals surface area contributed by atoms with Crippen LogP contribution < -0.4 is 15.9 Å². The number of alkyl halides is 4. The molecule has 2 aliphatic heterocycles. The van der Waals surface area contributed by atoms with Gasteiger partial charge in [0.2, 0.25) is 5.60 Å². The van der Waals surface area contributed by atoms with Crippen LogP contribution in [0, 0.1) is 0 Å². The van der Waals surface area contributed by atoms with Gasteiger partial charge in [-0.15, -0.1) is 0 Å². The van der Waals surface area contributed by atoms with E-state index in [1.807, 2.05) is 0 Å². The molecule has 4 unspecified atom stereocenters. The lowest BCUT2D eigenvalue weighted by atomic mass is 9.95. The lowest BCUT2D eigenvalue weighted by molar-refractivity contribution is -0.242. The van der Waals surface area contributed by atoms with Crippen molar-refractivity contribution in [2.24, 2.45) is 0 Å². The summed E-state index contributed by atoms with van der Waals surface area (Å²) in [5.41, 5.74) is 0.999. The van der Waals surface area contributed by atoms with E-state index >= 15 is 8.78 Å². The van der Waals surface area contributed by atoms with Gasteiger partial charge in [0, 0.05) is 23.6 Å². The number of aliphatic hydroxyl groups excluding tert-OH is 1. The highest BCUT2D eigenvalue weighted by atomic mass is 35.5. The molecular weight excluding hydrogens is 517 g/mol. The zero-order chi connectivity index (χ0) is 24.2. The first-order valence-electron chi connectivity index (χ1n) is 9.13. The van der Waals surface area contributed by atoms with Crippen molar-refractivity contribution in [1.82, 2.24) is 9.55 Å². The van der Waals surface area contributed by atoms with Gasteiger partial charge >= 0.3 is 18.3 Å². The van der Waals surface area contributed by atoms with Crippen LogP contribution >= 0.6 is 18.3 Å². The predicted octanol–water partition coefficient (Wildman–Crippen LogP) is 2.86. The minimum Gasteiger partial charge on any atom is -0.424 e. The number of benzene rings is 1. The number of aliphatic hydroxyl groups is 1. The van der Waals surface area contributed by atoms with Gasteiger partial charge in [-0.05, 0) is 6.07 Å². The van der Waals surface area contributed by atoms with E-state index in [4.69, 9.17) is 47.4 Å². The Labute approximate surface area is 193 Å². The molecule has 0 bridgehead atoms. The van der Waals surface area contributed by atoms with Gasteiger partial charge in [0.15, 0.2) is 12.3 Å². The predicted molar refractivity (Wildman–Crippen MR) is 110 cm³/mol. The third kappa shape index (κ3) is 4.03. The van der Waals surface area contributed by atoms with E-state index in [1.165, 1.54) is 6.07 Å². The van der Waals surface area contributed by atoms with E-state index in [1.54, 1.807) is 18.2 Å². The molecule has 16 heteroatoms. The average Bonchev–Trinajstić information content (AvgIpc) is 2.96. The number of para-hydroxylation sites is 1. The SMILES string of the molecule is Nc1nc(=O)n(C2OC(COP3(=S)OCc4ccccc4O3)(C(F)F)C(F)(F)C2O)cc1Cl. The van der Waals surface area contributed by atoms with E-state index in [0.717, 1.165) is 6.20 Å². The normalized spacial score (nSPS) is 30.8. The summed E-state index contributed by atoms with van der Waals surface area (Å²) in [5.74, 6) is -4.78. The molecule has 2 aliphatic rings. The fourth-order valence-corrected chi connectivity index (χ4v) is 5.22. The van der Waals surface area contributed by atoms with Gasteiger partial charge in [-0.3, -0.25) is 13.6 Å². The number of nitrogens with zero attached hydrogens (tertiary/aromatic N) is 2. The lowest BCUT2D eigenvalue weighted by Gasteiger charge is -2.35. The van der Waals surface area contributed by atoms with Crippen molar-refractivity contribution < 1.29 is 41.0 Å². The third-order valence-corrected chi connectivity index (χ3v) is 7.55. The number of hydrogen-bond acceptors (Lipinski definition) is 9. The second kappa shape index (κ2) is 8.45. The molecule has 33 heavy (non-hydrogen) atoms. The average molecular weight is 532 g/mol. The summed E-state index contributed by atoms with van der Waals surface area (Å²) in [4.78, 5) is 15.4. The number of anilines is 1. The van der Waals surface area contributed by atoms with E-state index < -0.39 is 55.1 Å². The summed E-state index contributed by atoms with van der Waals surface area (Å²) < 4.78 is 79.4. The fraction of sp³-hybridized carbons (Fsp3) is 0.412. The van der Waals surface area contributed by atoms with Crippen molar-refractivity contribution in [3.05, 3.63) is 51.5 Å². The molecule has 0 radical (unpaired) electrons. The summed E-state index contributed by atoms with van der Waals surface area (Å²) in [6.07, 6.45) is -8.34. The molecule has 3 heterocycles. The molecule has 0 saturated carbocycles. The number of nitrogen functional groups attached to an aromatic ring is 1. The molecule has 180 valence electrons. The van der Waals surface area contributed by atoms with E-state index in [9.17, 15) is 18.7 Å². The van der Waals surface area contributed by atoms with Crippen LogP contribution in [-0.2, 0) is 32.2 Å². The fourth-order valence-electron chi connectivity index (χ4n) is 3.27. The van der Waals surface area contributed by atoms with Crippen LogP contribution in [0.5, 0.6) is 5.75 Å². The van der Waals surface area contributed by atoms with Gasteiger partial charge in [-0.2, -0.15) is 13.8 Å². The Morgan fingerprint density at radius 2 is 2.12 bits per heavy atom. The summed E-state index contributed by atoms with van der Waals surface area (Å²) in [5, 5.41) is 9.82. The van der Waals surface area contributed by atoms with E-state index in [2.05, 4.69) is 4.98 Å². The van der Waals surface area contributed by atoms with E-state index in [-0.39, 0.29) is 17.4 Å². The summed E-state index contributed by atoms with van der Waals surface area (Å²) in [6.45, 7) is -5.40. The third-order valence-electron chi connectivity index (χ3n) is 5.10. The maximum absolute atomic E-state index is 15.0. The second-order valence-electron chi connectivity index (χ2n) is 7.12. The number of ether oxygens (including phenoxy) is 1. The zero-order valence-electron chi connectivity index (χ0n) is 16.2. The Morgan fingerprint density at radius 3 is 2.82 bits per heavy atom. The molecule has 0 amide bonds. The highest BCUT2D eigenvalue weighted by Gasteiger charge is 2.74. The Hall–Kier alpha value is -1.80. The van der Waals surface area contributed by atoms with Gasteiger partial charge in [0.1, 0.15) is 11.6 Å². The molecule has 4 atom stereocenters. The van der Waals surface area contributed by atoms with Gasteiger partial charge in [-0.1, -0.05) is 29.8 Å². The zero-order valence-corrected chi connectivity index (χ0v) is 18.7. The number of rotatable bonds is 5. The van der Waals surface area contributed by atoms with Crippen LogP contribution in [0.15, 0.2) is 35.3 Å². The van der Waals surface area contributed by atoms with Crippen LogP contribution in [0.2, 0.25) is 5.02 Å². The Morgan fingerprint density at radius 1 is 1.42 bits per heavy atom. The van der Waals surface area contributed by atoms with Gasteiger partial charge in [-0.25, -0.2) is 13.6 Å². The van der Waals surface area contributed by atoms with Gasteiger partial charge < -0.3 is 20.1 Å². The van der Waals surface area contributed by atoms with Crippen LogP contribution in [0.1, 0.15) is 11.8 Å². The highest BCUT2D eigenvalue weighted by molar-refractivity contribution is 8.07. The maximum Gasteiger partial charge on any atom is 0.381 e. The summed E-state index contributed by atoms with van der Waals surface area (Å²) in [7, 11) is 0. The lowest BCUT2D eigenvalue weighted by Crippen LogP contribution is -2.57. The molecule has 1 fully saturated rings. The van der Waals surface area contributed by atoms with Crippen molar-refractivity contribution >= 4 is 35.9 Å². The number of nitrogens with two attached hydrogens (primary N) is 1. The van der Waals surface area contributed by atoms with Crippen molar-refractivity contribution in [2.75, 3.05) is 12.3 Å². The van der Waals surface area contributed by atoms with Crippen molar-refractivity contribution in [1.29, 1.82) is 0 Å². The number of halogens is 5. The first-order valence-corrected chi connectivity index (χ1v) is 12.1. The summed E-state index contributed by atoms with van der Waals surface area (Å²) >= 11 is 10.9. The molecule has 1 aromatic heterocycles. The standard InChI is InChI=1S/C17H15ClF4N3O6PS/c18-9-5-25(15(27)24-12(9)23)13-11(26)17(21,22)16(30-13,14(19)20)7-29-32(33)28-6-8-3-1-2-4-10(8)31-32/h1-5,11,13-14,26H,6-7H2,(H2,23,24,27). The monoisotopic (exact) mass is 531 g/mol. The summed E-state index contributed by atoms with van der Waals surface area (Å²) in [6, 6.07) is 6.49. The van der Waals surface area contributed by atoms with Crippen LogP contribution in [0.4, 0.5) is 23.4 Å². The Bertz CT molecular complexity index is 1190. The van der Waals surface area contributed by atoms with Crippen LogP contribution in [0.3, 0.4) is 0 Å². The van der Waals surface area contributed by atoms with Gasteiger partial charge in [0.05, 0.1) is 18.2 Å². The number of hydrogen-bond donors (Lipinski definition) is 2. The molecule has 3 N–H and O–H groups in total. The molecule has 9 nitrogen and oxygen atoms in total. The number of aromatic nitrogens is 2. The Kier molecular flexibility index (Phi) is 6.23. The smallest absolute Gasteiger partial charge is 0.381 e. The second-order valence-corrected chi connectivity index (χ2v) is 10.5. The highest BCUT2D eigenvalue weighted by Crippen LogP contribution is 2.58. The minimum atomic E-state index is -4.61. The van der Waals surface area contributed by atoms with Crippen LogP contribution in [-0.4, -0.2) is 45.3 Å². The topological polar surface area (TPSA) is 118 Å². The molecule has 1 saturated heterocycles. The first-order chi connectivity index (χ1) is 15.4. The quantitative estimate of drug-likeness (QED) is 0.443. The first kappa shape index (κ1) is 24.3.